The predicted octanol–water partition coefficient (Wildman–Crippen LogP) is 2.89. The van der Waals surface area contributed by atoms with E-state index in [1.165, 1.54) is 0 Å². The number of hydrogen-bond acceptors (Lipinski definition) is 3. The Morgan fingerprint density at radius 2 is 2.29 bits per heavy atom. The molecule has 0 radical (unpaired) electrons. The van der Waals surface area contributed by atoms with E-state index in [0.717, 1.165) is 4.47 Å². The summed E-state index contributed by atoms with van der Waals surface area (Å²) in [6.07, 6.45) is 1.40. The van der Waals surface area contributed by atoms with E-state index < -0.39 is 6.10 Å². The maximum absolute atomic E-state index is 9.85. The van der Waals surface area contributed by atoms with Gasteiger partial charge in [0, 0.05) is 13.5 Å². The first kappa shape index (κ1) is 11.8. The van der Waals surface area contributed by atoms with E-state index in [-0.39, 0.29) is 5.60 Å². The molecule has 0 aliphatic heterocycles. The normalized spacial score (nSPS) is 14.4. The summed E-state index contributed by atoms with van der Waals surface area (Å²) in [5, 5.41) is 9.85. The minimum absolute atomic E-state index is 0.356. The summed E-state index contributed by atoms with van der Waals surface area (Å²) >= 11 is 3.30. The molecule has 1 N–H and O–H groups in total. The van der Waals surface area contributed by atoms with Gasteiger partial charge < -0.3 is 14.3 Å². The fraction of sp³-hybridized carbons (Fsp3) is 0.600. The number of methoxy groups -OCH3 is 1. The summed E-state index contributed by atoms with van der Waals surface area (Å²) in [5.41, 5.74) is -0.356. The van der Waals surface area contributed by atoms with Gasteiger partial charge in [-0.25, -0.2) is 0 Å². The Morgan fingerprint density at radius 1 is 1.64 bits per heavy atom. The Labute approximate surface area is 92.2 Å². The zero-order chi connectivity index (χ0) is 10.8. The number of furan rings is 1. The Kier molecular flexibility index (Phi) is 3.75. The SMILES string of the molecule is COC(C)(C)CC(O)c1occc1Br. The highest BCUT2D eigenvalue weighted by molar-refractivity contribution is 9.10. The minimum atomic E-state index is -0.644. The van der Waals surface area contributed by atoms with Crippen LogP contribution in [-0.4, -0.2) is 17.8 Å². The van der Waals surface area contributed by atoms with Crippen molar-refractivity contribution in [2.24, 2.45) is 0 Å². The quantitative estimate of drug-likeness (QED) is 0.908. The van der Waals surface area contributed by atoms with Crippen LogP contribution in [0.4, 0.5) is 0 Å². The smallest absolute Gasteiger partial charge is 0.146 e. The van der Waals surface area contributed by atoms with Crippen molar-refractivity contribution in [2.75, 3.05) is 7.11 Å². The Morgan fingerprint density at radius 3 is 2.71 bits per heavy atom. The summed E-state index contributed by atoms with van der Waals surface area (Å²) in [5.74, 6) is 0.551. The summed E-state index contributed by atoms with van der Waals surface area (Å²) in [4.78, 5) is 0. The Balaban J connectivity index is 2.68. The molecular weight excluding hydrogens is 248 g/mol. The van der Waals surface area contributed by atoms with Crippen LogP contribution in [0.5, 0.6) is 0 Å². The van der Waals surface area contributed by atoms with Crippen molar-refractivity contribution in [2.45, 2.75) is 32.0 Å². The number of aliphatic hydroxyl groups excluding tert-OH is 1. The molecule has 80 valence electrons. The van der Waals surface area contributed by atoms with E-state index in [0.29, 0.717) is 12.2 Å². The van der Waals surface area contributed by atoms with E-state index in [9.17, 15) is 5.11 Å². The second-order valence-corrected chi connectivity index (χ2v) is 4.67. The van der Waals surface area contributed by atoms with Crippen molar-refractivity contribution < 1.29 is 14.3 Å². The molecule has 14 heavy (non-hydrogen) atoms. The van der Waals surface area contributed by atoms with E-state index in [1.807, 2.05) is 13.8 Å². The van der Waals surface area contributed by atoms with Gasteiger partial charge in [-0.05, 0) is 35.8 Å². The monoisotopic (exact) mass is 262 g/mol. The maximum atomic E-state index is 9.85. The van der Waals surface area contributed by atoms with Gasteiger partial charge in [-0.2, -0.15) is 0 Å². The molecule has 1 rings (SSSR count). The van der Waals surface area contributed by atoms with Crippen LogP contribution in [0.1, 0.15) is 32.1 Å². The Hall–Kier alpha value is -0.320. The second kappa shape index (κ2) is 4.47. The standard InChI is InChI=1S/C10H15BrO3/c1-10(2,13-3)6-8(12)9-7(11)4-5-14-9/h4-5,8,12H,6H2,1-3H3. The molecule has 1 atom stereocenters. The number of rotatable bonds is 4. The van der Waals surface area contributed by atoms with Crippen LogP contribution in [-0.2, 0) is 4.74 Å². The van der Waals surface area contributed by atoms with Crippen molar-refractivity contribution in [3.63, 3.8) is 0 Å². The zero-order valence-electron chi connectivity index (χ0n) is 8.58. The molecule has 0 aromatic carbocycles. The van der Waals surface area contributed by atoms with Crippen molar-refractivity contribution in [3.05, 3.63) is 22.6 Å². The summed E-state index contributed by atoms with van der Waals surface area (Å²) < 4.78 is 11.2. The fourth-order valence-corrected chi connectivity index (χ4v) is 1.65. The van der Waals surface area contributed by atoms with Crippen LogP contribution in [0.2, 0.25) is 0 Å². The van der Waals surface area contributed by atoms with E-state index in [4.69, 9.17) is 9.15 Å². The first-order valence-electron chi connectivity index (χ1n) is 4.42. The summed E-state index contributed by atoms with van der Waals surface area (Å²) in [6, 6.07) is 1.76. The second-order valence-electron chi connectivity index (χ2n) is 3.82. The van der Waals surface area contributed by atoms with E-state index in [1.54, 1.807) is 19.4 Å². The number of hydrogen-bond donors (Lipinski definition) is 1. The molecule has 4 heteroatoms. The maximum Gasteiger partial charge on any atom is 0.146 e. The van der Waals surface area contributed by atoms with Gasteiger partial charge in [0.2, 0.25) is 0 Å². The van der Waals surface area contributed by atoms with Gasteiger partial charge in [0.05, 0.1) is 16.3 Å². The van der Waals surface area contributed by atoms with Crippen LogP contribution in [0.15, 0.2) is 21.2 Å². The Bertz CT molecular complexity index is 293. The molecule has 0 saturated carbocycles. The number of ether oxygens (including phenoxy) is 1. The lowest BCUT2D eigenvalue weighted by molar-refractivity contribution is -0.0250. The molecule has 1 aromatic rings. The third-order valence-corrected chi connectivity index (χ3v) is 2.84. The third-order valence-electron chi connectivity index (χ3n) is 2.18. The van der Waals surface area contributed by atoms with Gasteiger partial charge in [-0.15, -0.1) is 0 Å². The van der Waals surface area contributed by atoms with Gasteiger partial charge in [0.25, 0.3) is 0 Å². The zero-order valence-corrected chi connectivity index (χ0v) is 10.2. The van der Waals surface area contributed by atoms with Gasteiger partial charge in [-0.3, -0.25) is 0 Å². The van der Waals surface area contributed by atoms with Gasteiger partial charge in [0.15, 0.2) is 0 Å². The van der Waals surface area contributed by atoms with E-state index in [2.05, 4.69) is 15.9 Å². The lowest BCUT2D eigenvalue weighted by Gasteiger charge is -2.25. The first-order chi connectivity index (χ1) is 6.46. The minimum Gasteiger partial charge on any atom is -0.465 e. The molecule has 1 unspecified atom stereocenters. The lowest BCUT2D eigenvalue weighted by atomic mass is 9.99. The highest BCUT2D eigenvalue weighted by Gasteiger charge is 2.25. The van der Waals surface area contributed by atoms with Crippen LogP contribution < -0.4 is 0 Å². The van der Waals surface area contributed by atoms with Crippen LogP contribution >= 0.6 is 15.9 Å². The molecule has 0 fully saturated rings. The average Bonchev–Trinajstić information content (AvgIpc) is 2.51. The topological polar surface area (TPSA) is 42.6 Å². The number of halogens is 1. The molecular formula is C10H15BrO3. The van der Waals surface area contributed by atoms with Crippen molar-refractivity contribution in [3.8, 4) is 0 Å². The van der Waals surface area contributed by atoms with Crippen LogP contribution in [0, 0.1) is 0 Å². The molecule has 0 amide bonds. The third kappa shape index (κ3) is 2.83. The molecule has 1 heterocycles. The molecule has 0 bridgehead atoms. The lowest BCUT2D eigenvalue weighted by Crippen LogP contribution is -2.25. The largest absolute Gasteiger partial charge is 0.465 e. The van der Waals surface area contributed by atoms with Crippen LogP contribution in [0.25, 0.3) is 0 Å². The predicted molar refractivity (Wildman–Crippen MR) is 57.1 cm³/mol. The molecule has 0 spiro atoms. The van der Waals surface area contributed by atoms with Crippen molar-refractivity contribution >= 4 is 15.9 Å². The molecule has 0 aliphatic carbocycles. The molecule has 1 aromatic heterocycles. The average molecular weight is 263 g/mol. The van der Waals surface area contributed by atoms with Gasteiger partial charge >= 0.3 is 0 Å². The summed E-state index contributed by atoms with van der Waals surface area (Å²) in [6.45, 7) is 3.85. The van der Waals surface area contributed by atoms with Crippen molar-refractivity contribution in [1.82, 2.24) is 0 Å². The van der Waals surface area contributed by atoms with E-state index >= 15 is 0 Å². The first-order valence-corrected chi connectivity index (χ1v) is 5.21. The van der Waals surface area contributed by atoms with Gasteiger partial charge in [-0.1, -0.05) is 0 Å². The van der Waals surface area contributed by atoms with Crippen molar-refractivity contribution in [1.29, 1.82) is 0 Å². The fourth-order valence-electron chi connectivity index (χ4n) is 1.18. The van der Waals surface area contributed by atoms with Gasteiger partial charge in [0.1, 0.15) is 11.9 Å². The molecule has 0 saturated heterocycles. The molecule has 0 aliphatic rings. The highest BCUT2D eigenvalue weighted by atomic mass is 79.9. The molecule has 3 nitrogen and oxygen atoms in total. The summed E-state index contributed by atoms with van der Waals surface area (Å²) in [7, 11) is 1.63. The number of aliphatic hydroxyl groups is 1. The van der Waals surface area contributed by atoms with Crippen LogP contribution in [0.3, 0.4) is 0 Å². The highest BCUT2D eigenvalue weighted by Crippen LogP contribution is 2.31.